The van der Waals surface area contributed by atoms with Gasteiger partial charge in [0.25, 0.3) is 0 Å². The Hall–Kier alpha value is -2.94. The van der Waals surface area contributed by atoms with E-state index in [4.69, 9.17) is 10.2 Å². The van der Waals surface area contributed by atoms with E-state index in [9.17, 15) is 22.8 Å². The van der Waals surface area contributed by atoms with Crippen molar-refractivity contribution in [3.8, 4) is 11.3 Å². The van der Waals surface area contributed by atoms with E-state index >= 15 is 0 Å². The van der Waals surface area contributed by atoms with Crippen LogP contribution in [0.15, 0.2) is 39.5 Å². The molecular formula is C20H17F3N2O3S. The molecule has 1 heterocycles. The fourth-order valence-corrected chi connectivity index (χ4v) is 3.31. The molecular weight excluding hydrogens is 405 g/mol. The summed E-state index contributed by atoms with van der Waals surface area (Å²) in [6.45, 7) is 1.66. The molecule has 0 aliphatic heterocycles. The summed E-state index contributed by atoms with van der Waals surface area (Å²) < 4.78 is 47.8. The van der Waals surface area contributed by atoms with Crippen LogP contribution >= 0.6 is 11.8 Å². The number of hydrogen-bond donors (Lipinski definition) is 1. The molecule has 0 atom stereocenters. The van der Waals surface area contributed by atoms with Gasteiger partial charge in [-0.15, -0.1) is 0 Å². The predicted molar refractivity (Wildman–Crippen MR) is 109 cm³/mol. The number of fused-ring (bicyclic) bond motifs is 1. The second-order valence-electron chi connectivity index (χ2n) is 6.26. The van der Waals surface area contributed by atoms with Crippen molar-refractivity contribution in [1.82, 2.24) is 0 Å². The van der Waals surface area contributed by atoms with Gasteiger partial charge < -0.3 is 15.1 Å². The minimum absolute atomic E-state index is 0.0796. The Balaban J connectivity index is 2.10. The summed E-state index contributed by atoms with van der Waals surface area (Å²) in [5.41, 5.74) is 3.97. The van der Waals surface area contributed by atoms with Crippen LogP contribution in [0.5, 0.6) is 0 Å². The molecule has 0 saturated heterocycles. The minimum Gasteiger partial charge on any atom is -0.453 e. The van der Waals surface area contributed by atoms with Gasteiger partial charge in [-0.3, -0.25) is 9.59 Å². The number of benzene rings is 2. The number of hydrogen-bond acceptors (Lipinski definition) is 5. The Morgan fingerprint density at radius 2 is 1.86 bits per heavy atom. The molecule has 0 fully saturated rings. The van der Waals surface area contributed by atoms with Crippen molar-refractivity contribution in [1.29, 1.82) is 0 Å². The zero-order valence-electron chi connectivity index (χ0n) is 15.6. The molecule has 3 aromatic rings. The number of nitrogens with two attached hydrogens (primary N) is 1. The van der Waals surface area contributed by atoms with Crippen molar-refractivity contribution in [2.75, 3.05) is 29.2 Å². The zero-order valence-corrected chi connectivity index (χ0v) is 16.4. The van der Waals surface area contributed by atoms with Crippen molar-refractivity contribution in [2.24, 2.45) is 0 Å². The molecule has 0 aliphatic rings. The number of anilines is 2. The third-order valence-electron chi connectivity index (χ3n) is 4.37. The van der Waals surface area contributed by atoms with Crippen LogP contribution in [0.4, 0.5) is 24.5 Å². The molecule has 5 nitrogen and oxygen atoms in total. The third-order valence-corrected chi connectivity index (χ3v) is 4.96. The second-order valence-corrected chi connectivity index (χ2v) is 7.25. The molecule has 0 spiro atoms. The van der Waals surface area contributed by atoms with Crippen LogP contribution in [-0.4, -0.2) is 24.5 Å². The summed E-state index contributed by atoms with van der Waals surface area (Å²) >= 11 is 1.52. The molecule has 0 radical (unpaired) electrons. The Morgan fingerprint density at radius 3 is 2.48 bits per heavy atom. The minimum atomic E-state index is -1.09. The number of carbonyl (C=O) groups excluding carboxylic acids is 1. The van der Waals surface area contributed by atoms with E-state index in [1.165, 1.54) is 35.7 Å². The second kappa shape index (κ2) is 8.20. The number of carbonyl (C=O) groups is 1. The molecule has 29 heavy (non-hydrogen) atoms. The highest BCUT2D eigenvalue weighted by molar-refractivity contribution is 7.98. The number of halogens is 3. The topological polar surface area (TPSA) is 76.5 Å². The van der Waals surface area contributed by atoms with Gasteiger partial charge in [-0.25, -0.2) is 13.2 Å². The van der Waals surface area contributed by atoms with E-state index < -0.39 is 39.5 Å². The molecule has 9 heteroatoms. The van der Waals surface area contributed by atoms with Gasteiger partial charge in [0, 0.05) is 36.9 Å². The predicted octanol–water partition coefficient (Wildman–Crippen LogP) is 4.18. The normalized spacial score (nSPS) is 11.1. The fourth-order valence-electron chi connectivity index (χ4n) is 2.94. The van der Waals surface area contributed by atoms with E-state index in [-0.39, 0.29) is 22.9 Å². The molecule has 3 rings (SSSR count). The van der Waals surface area contributed by atoms with Crippen LogP contribution in [0, 0.1) is 17.5 Å². The number of rotatable bonds is 5. The maximum absolute atomic E-state index is 14.7. The van der Waals surface area contributed by atoms with Crippen molar-refractivity contribution in [3.05, 3.63) is 58.0 Å². The fraction of sp³-hybridized carbons (Fsp3) is 0.200. The maximum atomic E-state index is 14.7. The highest BCUT2D eigenvalue weighted by Crippen LogP contribution is 2.31. The van der Waals surface area contributed by atoms with Gasteiger partial charge in [-0.1, -0.05) is 0 Å². The summed E-state index contributed by atoms with van der Waals surface area (Å²) in [5, 5.41) is -0.414. The van der Waals surface area contributed by atoms with E-state index in [1.54, 1.807) is 0 Å². The number of amides is 1. The highest BCUT2D eigenvalue weighted by Gasteiger charge is 2.19. The molecule has 1 amide bonds. The van der Waals surface area contributed by atoms with Gasteiger partial charge in [-0.2, -0.15) is 11.8 Å². The molecule has 0 aliphatic carbocycles. The summed E-state index contributed by atoms with van der Waals surface area (Å²) in [6, 6.07) is 5.42. The Kier molecular flexibility index (Phi) is 5.88. The monoisotopic (exact) mass is 422 g/mol. The molecule has 1 aromatic heterocycles. The first kappa shape index (κ1) is 20.8. The summed E-state index contributed by atoms with van der Waals surface area (Å²) in [7, 11) is 0. The molecule has 0 saturated carbocycles. The standard InChI is InChI=1S/C20H17F3N2O3S/c1-10(26)25(5-6-29-2)15-4-3-11(7-12(15)21)17-9-16(27)18-19(24)13(22)8-14(23)20(18)28-17/h3-4,7-9H,5-6,24H2,1-2H3. The SMILES string of the molecule is CSCCN(C(C)=O)c1ccc(-c2cc(=O)c3c(N)c(F)cc(F)c3o2)cc1F. The van der Waals surface area contributed by atoms with Crippen LogP contribution < -0.4 is 16.1 Å². The van der Waals surface area contributed by atoms with Crippen LogP contribution in [-0.2, 0) is 4.79 Å². The first-order chi connectivity index (χ1) is 13.7. The van der Waals surface area contributed by atoms with E-state index in [2.05, 4.69) is 0 Å². The largest absolute Gasteiger partial charge is 0.453 e. The molecule has 2 N–H and O–H groups in total. The highest BCUT2D eigenvalue weighted by atomic mass is 32.2. The van der Waals surface area contributed by atoms with Crippen LogP contribution in [0.2, 0.25) is 0 Å². The smallest absolute Gasteiger partial charge is 0.223 e. The lowest BCUT2D eigenvalue weighted by atomic mass is 10.1. The molecule has 0 bridgehead atoms. The molecule has 0 unspecified atom stereocenters. The van der Waals surface area contributed by atoms with Crippen molar-refractivity contribution in [3.63, 3.8) is 0 Å². The average Bonchev–Trinajstić information content (AvgIpc) is 2.66. The first-order valence-electron chi connectivity index (χ1n) is 8.53. The Morgan fingerprint density at radius 1 is 1.14 bits per heavy atom. The lowest BCUT2D eigenvalue weighted by Gasteiger charge is -2.21. The summed E-state index contributed by atoms with van der Waals surface area (Å²) in [4.78, 5) is 25.5. The average molecular weight is 422 g/mol. The quantitative estimate of drug-likeness (QED) is 0.625. The van der Waals surface area contributed by atoms with Gasteiger partial charge in [0.05, 0.1) is 16.8 Å². The first-order valence-corrected chi connectivity index (χ1v) is 9.92. The number of nitrogens with zero attached hydrogens (tertiary/aromatic N) is 1. The Bertz CT molecular complexity index is 1160. The van der Waals surface area contributed by atoms with Crippen molar-refractivity contribution >= 4 is 40.0 Å². The summed E-state index contributed by atoms with van der Waals surface area (Å²) in [5.74, 6) is -2.68. The zero-order chi connectivity index (χ0) is 21.3. The number of nitrogen functional groups attached to an aromatic ring is 1. The van der Waals surface area contributed by atoms with Gasteiger partial charge in [-0.05, 0) is 24.5 Å². The van der Waals surface area contributed by atoms with Crippen LogP contribution in [0.3, 0.4) is 0 Å². The summed E-state index contributed by atoms with van der Waals surface area (Å²) in [6.07, 6.45) is 1.87. The van der Waals surface area contributed by atoms with E-state index in [0.717, 1.165) is 12.1 Å². The molecule has 2 aromatic carbocycles. The van der Waals surface area contributed by atoms with Crippen molar-refractivity contribution < 1.29 is 22.4 Å². The van der Waals surface area contributed by atoms with Gasteiger partial charge in [0.2, 0.25) is 5.91 Å². The van der Waals surface area contributed by atoms with Gasteiger partial charge in [0.1, 0.15) is 17.4 Å². The van der Waals surface area contributed by atoms with Gasteiger partial charge in [0.15, 0.2) is 16.8 Å². The van der Waals surface area contributed by atoms with Crippen LogP contribution in [0.25, 0.3) is 22.3 Å². The van der Waals surface area contributed by atoms with Crippen LogP contribution in [0.1, 0.15) is 6.92 Å². The third kappa shape index (κ3) is 3.95. The number of thioether (sulfide) groups is 1. The maximum Gasteiger partial charge on any atom is 0.223 e. The Labute approximate surface area is 168 Å². The molecule has 152 valence electrons. The van der Waals surface area contributed by atoms with E-state index in [0.29, 0.717) is 18.4 Å². The van der Waals surface area contributed by atoms with E-state index in [1.807, 2.05) is 6.26 Å². The van der Waals surface area contributed by atoms with Crippen molar-refractivity contribution in [2.45, 2.75) is 6.92 Å². The lowest BCUT2D eigenvalue weighted by molar-refractivity contribution is -0.116. The van der Waals surface area contributed by atoms with Gasteiger partial charge >= 0.3 is 0 Å². The lowest BCUT2D eigenvalue weighted by Crippen LogP contribution is -2.31.